The van der Waals surface area contributed by atoms with Gasteiger partial charge in [0.05, 0.1) is 13.2 Å². The summed E-state index contributed by atoms with van der Waals surface area (Å²) < 4.78 is 6.22. The molecule has 0 radical (unpaired) electrons. The molecule has 2 amide bonds. The molecular formula is C16H21BrN2O3. The van der Waals surface area contributed by atoms with Crippen LogP contribution in [0.4, 0.5) is 5.69 Å². The van der Waals surface area contributed by atoms with Crippen LogP contribution >= 0.6 is 15.9 Å². The third-order valence-electron chi connectivity index (χ3n) is 3.82. The van der Waals surface area contributed by atoms with E-state index in [9.17, 15) is 9.59 Å². The molecule has 0 atom stereocenters. The smallest absolute Gasteiger partial charge is 0.239 e. The quantitative estimate of drug-likeness (QED) is 0.834. The number of morpholine rings is 1. The van der Waals surface area contributed by atoms with Crippen LogP contribution in [0, 0.1) is 12.3 Å². The Kier molecular flexibility index (Phi) is 5.24. The minimum atomic E-state index is -1.11. The summed E-state index contributed by atoms with van der Waals surface area (Å²) in [6.07, 6.45) is 0. The van der Waals surface area contributed by atoms with Crippen LogP contribution in [0.2, 0.25) is 0 Å². The van der Waals surface area contributed by atoms with Gasteiger partial charge in [-0.05, 0) is 44.5 Å². The number of benzene rings is 1. The number of hydrogen-bond donors (Lipinski definition) is 1. The van der Waals surface area contributed by atoms with Crippen molar-refractivity contribution in [2.45, 2.75) is 20.8 Å². The number of nitrogens with zero attached hydrogens (tertiary/aromatic N) is 1. The predicted octanol–water partition coefficient (Wildman–Crippen LogP) is 2.58. The van der Waals surface area contributed by atoms with E-state index in [0.29, 0.717) is 32.0 Å². The number of ether oxygens (including phenoxy) is 1. The molecular weight excluding hydrogens is 348 g/mol. The van der Waals surface area contributed by atoms with Gasteiger partial charge in [0, 0.05) is 23.2 Å². The second-order valence-corrected chi connectivity index (χ2v) is 6.80. The number of amides is 2. The Bertz CT molecular complexity index is 581. The highest BCUT2D eigenvalue weighted by atomic mass is 79.9. The maximum Gasteiger partial charge on any atom is 0.239 e. The SMILES string of the molecule is Cc1cc(NC(=O)C(C)(C)C(=O)N2CCOCC2)ccc1Br. The summed E-state index contributed by atoms with van der Waals surface area (Å²) in [7, 11) is 0. The zero-order valence-electron chi connectivity index (χ0n) is 13.1. The Morgan fingerprint density at radius 3 is 2.50 bits per heavy atom. The second-order valence-electron chi connectivity index (χ2n) is 5.95. The Labute approximate surface area is 139 Å². The van der Waals surface area contributed by atoms with E-state index in [1.165, 1.54) is 0 Å². The van der Waals surface area contributed by atoms with Crippen LogP contribution in [0.3, 0.4) is 0 Å². The minimum Gasteiger partial charge on any atom is -0.378 e. The van der Waals surface area contributed by atoms with Gasteiger partial charge in [-0.1, -0.05) is 15.9 Å². The fraction of sp³-hybridized carbons (Fsp3) is 0.500. The molecule has 1 fully saturated rings. The van der Waals surface area contributed by atoms with Crippen LogP contribution in [0.5, 0.6) is 0 Å². The lowest BCUT2D eigenvalue weighted by Gasteiger charge is -2.33. The van der Waals surface area contributed by atoms with Crippen molar-refractivity contribution in [3.63, 3.8) is 0 Å². The lowest BCUT2D eigenvalue weighted by molar-refractivity contribution is -0.149. The van der Waals surface area contributed by atoms with Crippen molar-refractivity contribution in [3.8, 4) is 0 Å². The van der Waals surface area contributed by atoms with E-state index in [1.807, 2.05) is 25.1 Å². The average molecular weight is 369 g/mol. The number of halogens is 1. The van der Waals surface area contributed by atoms with E-state index in [4.69, 9.17) is 4.74 Å². The monoisotopic (exact) mass is 368 g/mol. The Balaban J connectivity index is 2.08. The summed E-state index contributed by atoms with van der Waals surface area (Å²) in [5, 5.41) is 2.83. The largest absolute Gasteiger partial charge is 0.378 e. The standard InChI is InChI=1S/C16H21BrN2O3/c1-11-10-12(4-5-13(11)17)18-14(20)16(2,3)15(21)19-6-8-22-9-7-19/h4-5,10H,6-9H2,1-3H3,(H,18,20). The lowest BCUT2D eigenvalue weighted by atomic mass is 9.90. The van der Waals surface area contributed by atoms with Gasteiger partial charge in [0.25, 0.3) is 0 Å². The molecule has 1 N–H and O–H groups in total. The zero-order valence-corrected chi connectivity index (χ0v) is 14.7. The van der Waals surface area contributed by atoms with Gasteiger partial charge in [0.15, 0.2) is 0 Å². The van der Waals surface area contributed by atoms with E-state index < -0.39 is 5.41 Å². The molecule has 0 aromatic heterocycles. The van der Waals surface area contributed by atoms with Crippen LogP contribution in [-0.4, -0.2) is 43.0 Å². The first-order valence-corrected chi connectivity index (χ1v) is 8.06. The third kappa shape index (κ3) is 3.67. The molecule has 0 unspecified atom stereocenters. The topological polar surface area (TPSA) is 58.6 Å². The molecule has 22 heavy (non-hydrogen) atoms. The van der Waals surface area contributed by atoms with Gasteiger partial charge < -0.3 is 15.0 Å². The van der Waals surface area contributed by atoms with Crippen LogP contribution < -0.4 is 5.32 Å². The summed E-state index contributed by atoms with van der Waals surface area (Å²) >= 11 is 3.43. The highest BCUT2D eigenvalue weighted by Crippen LogP contribution is 2.25. The molecule has 0 bridgehead atoms. The molecule has 1 heterocycles. The summed E-state index contributed by atoms with van der Waals surface area (Å²) in [4.78, 5) is 26.8. The molecule has 0 saturated carbocycles. The minimum absolute atomic E-state index is 0.165. The summed E-state index contributed by atoms with van der Waals surface area (Å²) in [6, 6.07) is 5.56. The Hall–Kier alpha value is -1.40. The predicted molar refractivity (Wildman–Crippen MR) is 88.7 cm³/mol. The van der Waals surface area contributed by atoms with Crippen molar-refractivity contribution in [2.24, 2.45) is 5.41 Å². The van der Waals surface area contributed by atoms with E-state index in [0.717, 1.165) is 10.0 Å². The van der Waals surface area contributed by atoms with Gasteiger partial charge in [0.1, 0.15) is 5.41 Å². The van der Waals surface area contributed by atoms with Gasteiger partial charge in [-0.3, -0.25) is 9.59 Å². The van der Waals surface area contributed by atoms with Gasteiger partial charge in [-0.25, -0.2) is 0 Å². The Morgan fingerprint density at radius 2 is 1.91 bits per heavy atom. The normalized spacial score (nSPS) is 15.5. The van der Waals surface area contributed by atoms with E-state index in [2.05, 4.69) is 21.2 Å². The van der Waals surface area contributed by atoms with E-state index >= 15 is 0 Å². The third-order valence-corrected chi connectivity index (χ3v) is 4.71. The van der Waals surface area contributed by atoms with E-state index in [-0.39, 0.29) is 11.8 Å². The van der Waals surface area contributed by atoms with Gasteiger partial charge in [0.2, 0.25) is 11.8 Å². The fourth-order valence-electron chi connectivity index (χ4n) is 2.27. The first kappa shape index (κ1) is 17.0. The Morgan fingerprint density at radius 1 is 1.27 bits per heavy atom. The van der Waals surface area contributed by atoms with Crippen molar-refractivity contribution in [2.75, 3.05) is 31.6 Å². The molecule has 2 rings (SSSR count). The summed E-state index contributed by atoms with van der Waals surface area (Å²) in [5.74, 6) is -0.465. The van der Waals surface area contributed by atoms with Crippen LogP contribution in [0.15, 0.2) is 22.7 Å². The second kappa shape index (κ2) is 6.79. The number of hydrogen-bond acceptors (Lipinski definition) is 3. The summed E-state index contributed by atoms with van der Waals surface area (Å²) in [5.41, 5.74) is 0.599. The van der Waals surface area contributed by atoms with Crippen LogP contribution in [0.25, 0.3) is 0 Å². The van der Waals surface area contributed by atoms with Gasteiger partial charge in [-0.2, -0.15) is 0 Å². The fourth-order valence-corrected chi connectivity index (χ4v) is 2.52. The molecule has 0 aliphatic carbocycles. The van der Waals surface area contributed by atoms with Crippen LogP contribution in [0.1, 0.15) is 19.4 Å². The van der Waals surface area contributed by atoms with Crippen LogP contribution in [-0.2, 0) is 14.3 Å². The molecule has 1 saturated heterocycles. The number of rotatable bonds is 3. The summed E-state index contributed by atoms with van der Waals surface area (Å²) in [6.45, 7) is 7.38. The van der Waals surface area contributed by atoms with Crippen molar-refractivity contribution in [1.82, 2.24) is 4.90 Å². The number of nitrogens with one attached hydrogen (secondary N) is 1. The highest BCUT2D eigenvalue weighted by Gasteiger charge is 2.39. The molecule has 6 heteroatoms. The first-order chi connectivity index (χ1) is 10.3. The van der Waals surface area contributed by atoms with Gasteiger partial charge in [-0.15, -0.1) is 0 Å². The van der Waals surface area contributed by atoms with Crippen molar-refractivity contribution < 1.29 is 14.3 Å². The van der Waals surface area contributed by atoms with E-state index in [1.54, 1.807) is 18.7 Å². The lowest BCUT2D eigenvalue weighted by Crippen LogP contribution is -2.51. The van der Waals surface area contributed by atoms with Gasteiger partial charge >= 0.3 is 0 Å². The maximum absolute atomic E-state index is 12.6. The molecule has 120 valence electrons. The molecule has 1 aromatic carbocycles. The molecule has 1 aromatic rings. The molecule has 1 aliphatic heterocycles. The number of carbonyl (C=O) groups is 2. The number of carbonyl (C=O) groups excluding carboxylic acids is 2. The number of aryl methyl sites for hydroxylation is 1. The van der Waals surface area contributed by atoms with Crippen molar-refractivity contribution >= 4 is 33.4 Å². The highest BCUT2D eigenvalue weighted by molar-refractivity contribution is 9.10. The zero-order chi connectivity index (χ0) is 16.3. The van der Waals surface area contributed by atoms with Crippen molar-refractivity contribution in [1.29, 1.82) is 0 Å². The average Bonchev–Trinajstić information content (AvgIpc) is 2.51. The maximum atomic E-state index is 12.6. The number of anilines is 1. The van der Waals surface area contributed by atoms with Crippen molar-refractivity contribution in [3.05, 3.63) is 28.2 Å². The first-order valence-electron chi connectivity index (χ1n) is 7.27. The molecule has 0 spiro atoms. The molecule has 1 aliphatic rings. The molecule has 5 nitrogen and oxygen atoms in total.